The Bertz CT molecular complexity index is 1400. The monoisotopic (exact) mass is 522 g/mol. The van der Waals surface area contributed by atoms with Crippen LogP contribution in [0.4, 0.5) is 8.78 Å². The third-order valence-corrected chi connectivity index (χ3v) is 9.50. The Balaban J connectivity index is 2.07. The first-order chi connectivity index (χ1) is 16.2. The third-order valence-electron chi connectivity index (χ3n) is 5.38. The summed E-state index contributed by atoms with van der Waals surface area (Å²) in [6.45, 7) is 4.09. The second-order valence-corrected chi connectivity index (χ2v) is 12.5. The van der Waals surface area contributed by atoms with E-state index in [4.69, 9.17) is 4.74 Å². The molecule has 0 radical (unpaired) electrons. The molecule has 0 aliphatic heterocycles. The number of alkyl halides is 2. The highest BCUT2D eigenvalue weighted by Crippen LogP contribution is 2.42. The van der Waals surface area contributed by atoms with E-state index in [0.29, 0.717) is 0 Å². The molecule has 10 heteroatoms. The lowest BCUT2D eigenvalue weighted by Crippen LogP contribution is -2.47. The molecule has 35 heavy (non-hydrogen) atoms. The van der Waals surface area contributed by atoms with E-state index in [1.807, 2.05) is 0 Å². The molecule has 186 valence electrons. The number of hydrogen-bond donors (Lipinski definition) is 0. The molecule has 0 saturated heterocycles. The Morgan fingerprint density at radius 2 is 1.23 bits per heavy atom. The van der Waals surface area contributed by atoms with Crippen LogP contribution in [-0.4, -0.2) is 33.7 Å². The Kier molecular flexibility index (Phi) is 7.19. The van der Waals surface area contributed by atoms with Gasteiger partial charge in [-0.1, -0.05) is 66.2 Å². The SMILES string of the molecule is Cc1ccc(C(C(C)(C)OC(=O)C(F)(F)S(=O)(=O)c2ccccc2)S(=O)(=O)c2ccccc2)cc1. The summed E-state index contributed by atoms with van der Waals surface area (Å²) in [6, 6.07) is 19.3. The van der Waals surface area contributed by atoms with Crippen LogP contribution in [0.3, 0.4) is 0 Å². The maximum Gasteiger partial charge on any atom is 0.444 e. The minimum absolute atomic E-state index is 0.113. The number of esters is 1. The summed E-state index contributed by atoms with van der Waals surface area (Å²) in [4.78, 5) is 11.7. The number of aryl methyl sites for hydroxylation is 1. The highest BCUT2D eigenvalue weighted by molar-refractivity contribution is 7.93. The Labute approximate surface area is 203 Å². The first-order valence-corrected chi connectivity index (χ1v) is 13.5. The van der Waals surface area contributed by atoms with Gasteiger partial charge in [0.1, 0.15) is 10.9 Å². The molecular formula is C25H24F2O6S2. The standard InChI is InChI=1S/C25H24F2O6S2/c1-18-14-16-19(17-15-18)22(34(29,30)20-10-6-4-7-11-20)24(2,3)33-23(28)25(26,27)35(31,32)21-12-8-5-9-13-21/h4-17,22H,1-3H3. The number of rotatable bonds is 8. The van der Waals surface area contributed by atoms with E-state index in [0.717, 1.165) is 31.5 Å². The molecule has 3 rings (SSSR count). The number of carbonyl (C=O) groups is 1. The summed E-state index contributed by atoms with van der Waals surface area (Å²) in [6.07, 6.45) is 0. The Hall–Kier alpha value is -3.11. The average Bonchev–Trinajstić information content (AvgIpc) is 2.81. The summed E-state index contributed by atoms with van der Waals surface area (Å²) >= 11 is 0. The van der Waals surface area contributed by atoms with Gasteiger partial charge in [0.05, 0.1) is 9.79 Å². The van der Waals surface area contributed by atoms with Crippen LogP contribution in [0.2, 0.25) is 0 Å². The van der Waals surface area contributed by atoms with Crippen LogP contribution in [0.15, 0.2) is 94.7 Å². The fourth-order valence-corrected chi connectivity index (χ4v) is 6.84. The van der Waals surface area contributed by atoms with Crippen LogP contribution >= 0.6 is 0 Å². The Morgan fingerprint density at radius 3 is 1.71 bits per heavy atom. The zero-order chi connectivity index (χ0) is 26.1. The first-order valence-electron chi connectivity index (χ1n) is 10.5. The zero-order valence-corrected chi connectivity index (χ0v) is 20.8. The van der Waals surface area contributed by atoms with Crippen molar-refractivity contribution in [3.05, 3.63) is 96.1 Å². The number of carbonyl (C=O) groups excluding carboxylic acids is 1. The maximum atomic E-state index is 14.9. The summed E-state index contributed by atoms with van der Waals surface area (Å²) in [7, 11) is -9.73. The normalized spacial score (nSPS) is 13.7. The molecule has 0 bridgehead atoms. The molecule has 1 unspecified atom stereocenters. The predicted octanol–water partition coefficient (Wildman–Crippen LogP) is 4.90. The van der Waals surface area contributed by atoms with Crippen LogP contribution in [0.1, 0.15) is 30.2 Å². The number of halogens is 2. The van der Waals surface area contributed by atoms with Crippen LogP contribution in [0.25, 0.3) is 0 Å². The highest BCUT2D eigenvalue weighted by Gasteiger charge is 2.58. The lowest BCUT2D eigenvalue weighted by molar-refractivity contribution is -0.174. The third kappa shape index (κ3) is 5.13. The van der Waals surface area contributed by atoms with Crippen molar-refractivity contribution in [3.8, 4) is 0 Å². The topological polar surface area (TPSA) is 94.6 Å². The molecule has 0 N–H and O–H groups in total. The second-order valence-electron chi connectivity index (χ2n) is 8.48. The lowest BCUT2D eigenvalue weighted by atomic mass is 9.96. The van der Waals surface area contributed by atoms with Crippen molar-refractivity contribution in [1.82, 2.24) is 0 Å². The van der Waals surface area contributed by atoms with Crippen molar-refractivity contribution in [3.63, 3.8) is 0 Å². The Morgan fingerprint density at radius 1 is 0.771 bits per heavy atom. The summed E-state index contributed by atoms with van der Waals surface area (Å²) in [5, 5.41) is -6.57. The van der Waals surface area contributed by atoms with Gasteiger partial charge in [0, 0.05) is 0 Å². The van der Waals surface area contributed by atoms with Gasteiger partial charge in [-0.25, -0.2) is 21.6 Å². The summed E-state index contributed by atoms with van der Waals surface area (Å²) < 4.78 is 87.1. The molecule has 0 heterocycles. The minimum atomic E-state index is -5.45. The van der Waals surface area contributed by atoms with Crippen LogP contribution in [-0.2, 0) is 29.2 Å². The second kappa shape index (κ2) is 9.50. The average molecular weight is 523 g/mol. The number of ether oxygens (including phenoxy) is 1. The number of sulfone groups is 2. The van der Waals surface area contributed by atoms with Gasteiger partial charge in [0.15, 0.2) is 9.84 Å². The van der Waals surface area contributed by atoms with E-state index in [-0.39, 0.29) is 10.5 Å². The zero-order valence-electron chi connectivity index (χ0n) is 19.2. The largest absolute Gasteiger partial charge is 0.453 e. The predicted molar refractivity (Wildman–Crippen MR) is 126 cm³/mol. The quantitative estimate of drug-likeness (QED) is 0.391. The molecule has 0 fully saturated rings. The molecule has 0 amide bonds. The van der Waals surface area contributed by atoms with E-state index >= 15 is 0 Å². The molecular weight excluding hydrogens is 498 g/mol. The van der Waals surface area contributed by atoms with Gasteiger partial charge in [0.2, 0.25) is 0 Å². The fraction of sp³-hybridized carbons (Fsp3) is 0.240. The highest BCUT2D eigenvalue weighted by atomic mass is 32.2. The molecule has 0 aliphatic rings. The van der Waals surface area contributed by atoms with E-state index in [2.05, 4.69) is 0 Å². The van der Waals surface area contributed by atoms with Gasteiger partial charge in [-0.05, 0) is 50.6 Å². The summed E-state index contributed by atoms with van der Waals surface area (Å²) in [5.41, 5.74) is -1.08. The van der Waals surface area contributed by atoms with E-state index in [1.165, 1.54) is 54.6 Å². The van der Waals surface area contributed by atoms with Crippen molar-refractivity contribution in [1.29, 1.82) is 0 Å². The fourth-order valence-electron chi connectivity index (χ4n) is 3.65. The summed E-state index contributed by atoms with van der Waals surface area (Å²) in [5.74, 6) is -2.37. The molecule has 0 aliphatic carbocycles. The van der Waals surface area contributed by atoms with Crippen molar-refractivity contribution in [2.24, 2.45) is 0 Å². The van der Waals surface area contributed by atoms with Crippen molar-refractivity contribution in [2.45, 2.75) is 46.7 Å². The molecule has 6 nitrogen and oxygen atoms in total. The number of benzene rings is 3. The molecule has 0 spiro atoms. The van der Waals surface area contributed by atoms with E-state index in [9.17, 15) is 30.4 Å². The lowest BCUT2D eigenvalue weighted by Gasteiger charge is -2.35. The van der Waals surface area contributed by atoms with Gasteiger partial charge in [0.25, 0.3) is 9.84 Å². The molecule has 3 aromatic rings. The molecule has 0 aromatic heterocycles. The van der Waals surface area contributed by atoms with E-state index < -0.39 is 46.6 Å². The van der Waals surface area contributed by atoms with Crippen LogP contribution < -0.4 is 0 Å². The first kappa shape index (κ1) is 26.5. The van der Waals surface area contributed by atoms with Gasteiger partial charge in [-0.3, -0.25) is 0 Å². The van der Waals surface area contributed by atoms with Gasteiger partial charge >= 0.3 is 11.2 Å². The van der Waals surface area contributed by atoms with Gasteiger partial charge in [-0.15, -0.1) is 0 Å². The van der Waals surface area contributed by atoms with Crippen molar-refractivity contribution < 1.29 is 35.1 Å². The minimum Gasteiger partial charge on any atom is -0.453 e. The van der Waals surface area contributed by atoms with Crippen molar-refractivity contribution >= 4 is 25.6 Å². The smallest absolute Gasteiger partial charge is 0.444 e. The van der Waals surface area contributed by atoms with Gasteiger partial charge in [-0.2, -0.15) is 8.78 Å². The molecule has 3 aromatic carbocycles. The van der Waals surface area contributed by atoms with Gasteiger partial charge < -0.3 is 4.74 Å². The number of hydrogen-bond acceptors (Lipinski definition) is 6. The molecule has 1 atom stereocenters. The van der Waals surface area contributed by atoms with Crippen LogP contribution in [0, 0.1) is 6.92 Å². The van der Waals surface area contributed by atoms with Crippen LogP contribution in [0.5, 0.6) is 0 Å². The van der Waals surface area contributed by atoms with E-state index in [1.54, 1.807) is 25.1 Å². The molecule has 0 saturated carbocycles. The maximum absolute atomic E-state index is 14.9. The van der Waals surface area contributed by atoms with Crippen molar-refractivity contribution in [2.75, 3.05) is 0 Å².